The van der Waals surface area contributed by atoms with Crippen LogP contribution in [0.15, 0.2) is 16.7 Å². The van der Waals surface area contributed by atoms with Crippen LogP contribution >= 0.6 is 0 Å². The van der Waals surface area contributed by atoms with E-state index in [-0.39, 0.29) is 5.82 Å². The molecule has 0 spiro atoms. The Hall–Kier alpha value is -2.44. The summed E-state index contributed by atoms with van der Waals surface area (Å²) in [5.41, 5.74) is 0.671. The fourth-order valence-corrected chi connectivity index (χ4v) is 1.60. The summed E-state index contributed by atoms with van der Waals surface area (Å²) in [5, 5.41) is 3.04. The van der Waals surface area contributed by atoms with E-state index in [1.54, 1.807) is 19.2 Å². The number of oxazole rings is 1. The van der Waals surface area contributed by atoms with E-state index in [1.807, 2.05) is 6.92 Å². The van der Waals surface area contributed by atoms with E-state index >= 15 is 0 Å². The lowest BCUT2D eigenvalue weighted by atomic mass is 10.4. The fraction of sp³-hybridized carbons (Fsp3) is 0.385. The molecule has 106 valence electrons. The summed E-state index contributed by atoms with van der Waals surface area (Å²) in [5.74, 6) is 1.38. The highest BCUT2D eigenvalue weighted by atomic mass is 16.5. The molecule has 0 radical (unpaired) electrons. The van der Waals surface area contributed by atoms with Crippen LogP contribution in [0, 0.1) is 6.92 Å². The highest BCUT2D eigenvalue weighted by Gasteiger charge is 2.11. The average Bonchev–Trinajstić information content (AvgIpc) is 2.91. The maximum atomic E-state index is 11.4. The third kappa shape index (κ3) is 3.31. The monoisotopic (exact) mass is 276 g/mol. The van der Waals surface area contributed by atoms with Gasteiger partial charge in [-0.15, -0.1) is 0 Å². The van der Waals surface area contributed by atoms with Crippen molar-refractivity contribution in [3.8, 4) is 0 Å². The molecule has 1 N–H and O–H groups in total. The van der Waals surface area contributed by atoms with E-state index in [0.29, 0.717) is 23.9 Å². The Morgan fingerprint density at radius 3 is 2.90 bits per heavy atom. The molecule has 0 saturated heterocycles. The van der Waals surface area contributed by atoms with Crippen LogP contribution in [0.1, 0.15) is 34.9 Å². The molecular weight excluding hydrogens is 260 g/mol. The fourth-order valence-electron chi connectivity index (χ4n) is 1.60. The van der Waals surface area contributed by atoms with Crippen molar-refractivity contribution in [3.05, 3.63) is 35.4 Å². The molecular formula is C13H16N4O3. The molecule has 0 aliphatic rings. The van der Waals surface area contributed by atoms with Crippen LogP contribution < -0.4 is 5.32 Å². The summed E-state index contributed by atoms with van der Waals surface area (Å²) in [6.07, 6.45) is 2.49. The number of ether oxygens (including phenoxy) is 1. The predicted octanol–water partition coefficient (Wildman–Crippen LogP) is 1.73. The van der Waals surface area contributed by atoms with Gasteiger partial charge in [-0.3, -0.25) is 0 Å². The van der Waals surface area contributed by atoms with E-state index in [9.17, 15) is 4.79 Å². The average molecular weight is 276 g/mol. The number of carbonyl (C=O) groups excluding carboxylic acids is 1. The highest BCUT2D eigenvalue weighted by Crippen LogP contribution is 2.10. The first kappa shape index (κ1) is 14.0. The first-order chi connectivity index (χ1) is 9.62. The number of methoxy groups -OCH3 is 1. The van der Waals surface area contributed by atoms with Crippen molar-refractivity contribution < 1.29 is 13.9 Å². The molecule has 0 aromatic carbocycles. The van der Waals surface area contributed by atoms with Gasteiger partial charge in [-0.05, 0) is 6.92 Å². The first-order valence-electron chi connectivity index (χ1n) is 6.23. The maximum Gasteiger partial charge on any atom is 0.376 e. The number of esters is 1. The lowest BCUT2D eigenvalue weighted by Crippen LogP contribution is -2.11. The molecule has 2 aromatic rings. The molecule has 0 fully saturated rings. The highest BCUT2D eigenvalue weighted by molar-refractivity contribution is 5.85. The standard InChI is InChI=1S/C13H16N4O3/c1-4-9-6-15-11(20-9)7-14-10-5-8(2)16-12(17-10)13(18)19-3/h5-6H,4,7H2,1-3H3,(H,14,16,17). The molecule has 20 heavy (non-hydrogen) atoms. The number of hydrogen-bond acceptors (Lipinski definition) is 7. The Bertz CT molecular complexity index is 609. The zero-order valence-corrected chi connectivity index (χ0v) is 11.6. The Labute approximate surface area is 116 Å². The van der Waals surface area contributed by atoms with Crippen LogP contribution in [0.5, 0.6) is 0 Å². The summed E-state index contributed by atoms with van der Waals surface area (Å²) in [6, 6.07) is 1.73. The van der Waals surface area contributed by atoms with Crippen molar-refractivity contribution in [2.75, 3.05) is 12.4 Å². The van der Waals surface area contributed by atoms with Gasteiger partial charge >= 0.3 is 5.97 Å². The largest absolute Gasteiger partial charge is 0.463 e. The lowest BCUT2D eigenvalue weighted by molar-refractivity contribution is 0.0586. The second kappa shape index (κ2) is 6.14. The topological polar surface area (TPSA) is 90.1 Å². The molecule has 0 aliphatic carbocycles. The summed E-state index contributed by atoms with van der Waals surface area (Å²) >= 11 is 0. The summed E-state index contributed by atoms with van der Waals surface area (Å²) < 4.78 is 10.1. The quantitative estimate of drug-likeness (QED) is 0.831. The van der Waals surface area contributed by atoms with E-state index < -0.39 is 5.97 Å². The molecule has 0 amide bonds. The maximum absolute atomic E-state index is 11.4. The van der Waals surface area contributed by atoms with Crippen molar-refractivity contribution in [1.82, 2.24) is 15.0 Å². The smallest absolute Gasteiger partial charge is 0.376 e. The van der Waals surface area contributed by atoms with Crippen LogP contribution in [0.2, 0.25) is 0 Å². The van der Waals surface area contributed by atoms with Crippen LogP contribution in [-0.4, -0.2) is 28.0 Å². The van der Waals surface area contributed by atoms with Gasteiger partial charge in [0.15, 0.2) is 0 Å². The summed E-state index contributed by atoms with van der Waals surface area (Å²) in [4.78, 5) is 23.7. The number of rotatable bonds is 5. The molecule has 7 heteroatoms. The second-order valence-electron chi connectivity index (χ2n) is 4.14. The number of hydrogen-bond donors (Lipinski definition) is 1. The van der Waals surface area contributed by atoms with Crippen LogP contribution in [-0.2, 0) is 17.7 Å². The molecule has 0 bridgehead atoms. The van der Waals surface area contributed by atoms with Gasteiger partial charge < -0.3 is 14.5 Å². The minimum atomic E-state index is -0.568. The van der Waals surface area contributed by atoms with Crippen molar-refractivity contribution in [3.63, 3.8) is 0 Å². The van der Waals surface area contributed by atoms with Gasteiger partial charge in [-0.25, -0.2) is 19.7 Å². The molecule has 2 rings (SSSR count). The van der Waals surface area contributed by atoms with E-state index in [4.69, 9.17) is 4.42 Å². The van der Waals surface area contributed by atoms with Crippen molar-refractivity contribution in [1.29, 1.82) is 0 Å². The van der Waals surface area contributed by atoms with E-state index in [1.165, 1.54) is 7.11 Å². The predicted molar refractivity (Wildman–Crippen MR) is 71.3 cm³/mol. The van der Waals surface area contributed by atoms with Gasteiger partial charge in [0.1, 0.15) is 11.6 Å². The number of carbonyl (C=O) groups is 1. The van der Waals surface area contributed by atoms with Gasteiger partial charge in [-0.2, -0.15) is 0 Å². The lowest BCUT2D eigenvalue weighted by Gasteiger charge is -2.06. The van der Waals surface area contributed by atoms with Crippen molar-refractivity contribution in [2.24, 2.45) is 0 Å². The van der Waals surface area contributed by atoms with Gasteiger partial charge in [0.05, 0.1) is 19.9 Å². The van der Waals surface area contributed by atoms with Crippen LogP contribution in [0.4, 0.5) is 5.82 Å². The van der Waals surface area contributed by atoms with Crippen molar-refractivity contribution >= 4 is 11.8 Å². The van der Waals surface area contributed by atoms with Gasteiger partial charge in [0, 0.05) is 18.2 Å². The third-order valence-electron chi connectivity index (χ3n) is 2.59. The van der Waals surface area contributed by atoms with Crippen LogP contribution in [0.25, 0.3) is 0 Å². The SMILES string of the molecule is CCc1cnc(CNc2cc(C)nc(C(=O)OC)n2)o1. The molecule has 2 aromatic heterocycles. The number of nitrogens with zero attached hydrogens (tertiary/aromatic N) is 3. The Morgan fingerprint density at radius 2 is 2.25 bits per heavy atom. The molecule has 0 aliphatic heterocycles. The normalized spacial score (nSPS) is 10.3. The molecule has 7 nitrogen and oxygen atoms in total. The van der Waals surface area contributed by atoms with Gasteiger partial charge in [0.2, 0.25) is 11.7 Å². The van der Waals surface area contributed by atoms with Gasteiger partial charge in [-0.1, -0.05) is 6.92 Å². The van der Waals surface area contributed by atoms with Crippen molar-refractivity contribution in [2.45, 2.75) is 26.8 Å². The summed E-state index contributed by atoms with van der Waals surface area (Å²) in [7, 11) is 1.29. The zero-order chi connectivity index (χ0) is 14.5. The third-order valence-corrected chi connectivity index (χ3v) is 2.59. The molecule has 0 saturated carbocycles. The minimum Gasteiger partial charge on any atom is -0.463 e. The number of anilines is 1. The zero-order valence-electron chi connectivity index (χ0n) is 11.6. The van der Waals surface area contributed by atoms with Gasteiger partial charge in [0.25, 0.3) is 0 Å². The first-order valence-corrected chi connectivity index (χ1v) is 6.23. The Balaban J connectivity index is 2.09. The van der Waals surface area contributed by atoms with E-state index in [0.717, 1.165) is 12.2 Å². The molecule has 0 atom stereocenters. The minimum absolute atomic E-state index is 0.0247. The Kier molecular flexibility index (Phi) is 4.29. The van der Waals surface area contributed by atoms with Crippen LogP contribution in [0.3, 0.4) is 0 Å². The second-order valence-corrected chi connectivity index (χ2v) is 4.14. The number of aromatic nitrogens is 3. The summed E-state index contributed by atoms with van der Waals surface area (Å²) in [6.45, 7) is 4.16. The number of nitrogens with one attached hydrogen (secondary N) is 1. The Morgan fingerprint density at radius 1 is 1.45 bits per heavy atom. The molecule has 2 heterocycles. The number of aryl methyl sites for hydroxylation is 2. The molecule has 0 unspecified atom stereocenters. The van der Waals surface area contributed by atoms with E-state index in [2.05, 4.69) is 25.0 Å².